The Morgan fingerprint density at radius 3 is 2.68 bits per heavy atom. The van der Waals surface area contributed by atoms with Crippen molar-refractivity contribution < 1.29 is 0 Å². The number of hydrogen-bond acceptors (Lipinski definition) is 3. The molecule has 1 aromatic heterocycles. The minimum absolute atomic E-state index is 0.159. The van der Waals surface area contributed by atoms with Crippen molar-refractivity contribution in [2.75, 3.05) is 6.54 Å². The van der Waals surface area contributed by atoms with E-state index in [1.165, 1.54) is 36.4 Å². The van der Waals surface area contributed by atoms with Gasteiger partial charge in [-0.3, -0.25) is 0 Å². The Hall–Kier alpha value is -0.410. The largest absolute Gasteiger partial charge is 0.330 e. The average molecular weight is 280 g/mol. The molecular formula is C16H28N2S. The fraction of sp³-hybridized carbons (Fsp3) is 0.812. The summed E-state index contributed by atoms with van der Waals surface area (Å²) in [5.41, 5.74) is 7.82. The van der Waals surface area contributed by atoms with Gasteiger partial charge in [0.25, 0.3) is 0 Å². The van der Waals surface area contributed by atoms with Gasteiger partial charge in [-0.25, -0.2) is 4.98 Å². The minimum Gasteiger partial charge on any atom is -0.330 e. The van der Waals surface area contributed by atoms with E-state index in [2.05, 4.69) is 33.1 Å². The molecular weight excluding hydrogens is 252 g/mol. The Bertz CT molecular complexity index is 419. The van der Waals surface area contributed by atoms with Crippen LogP contribution in [0.1, 0.15) is 64.1 Å². The van der Waals surface area contributed by atoms with Crippen molar-refractivity contribution in [2.45, 2.75) is 65.2 Å². The molecule has 1 aliphatic rings. The van der Waals surface area contributed by atoms with E-state index in [0.29, 0.717) is 5.41 Å². The lowest BCUT2D eigenvalue weighted by atomic mass is 9.82. The maximum atomic E-state index is 6.10. The molecule has 0 spiro atoms. The van der Waals surface area contributed by atoms with E-state index in [-0.39, 0.29) is 5.41 Å². The van der Waals surface area contributed by atoms with Crippen LogP contribution in [0.25, 0.3) is 0 Å². The minimum atomic E-state index is 0.159. The van der Waals surface area contributed by atoms with Crippen LogP contribution in [0.15, 0.2) is 5.38 Å². The Morgan fingerprint density at radius 1 is 1.47 bits per heavy atom. The Morgan fingerprint density at radius 2 is 2.21 bits per heavy atom. The van der Waals surface area contributed by atoms with E-state index in [1.54, 1.807) is 0 Å². The number of nitrogens with two attached hydrogens (primary N) is 1. The van der Waals surface area contributed by atoms with Crippen LogP contribution in [-0.2, 0) is 11.8 Å². The summed E-state index contributed by atoms with van der Waals surface area (Å²) < 4.78 is 0. The zero-order valence-corrected chi connectivity index (χ0v) is 13.6. The molecule has 0 radical (unpaired) electrons. The van der Waals surface area contributed by atoms with Crippen molar-refractivity contribution in [2.24, 2.45) is 17.1 Å². The molecule has 0 bridgehead atoms. The predicted molar refractivity (Wildman–Crippen MR) is 83.6 cm³/mol. The second-order valence-corrected chi connectivity index (χ2v) is 8.22. The van der Waals surface area contributed by atoms with Gasteiger partial charge in [0.05, 0.1) is 10.7 Å². The molecule has 0 amide bonds. The fourth-order valence-corrected chi connectivity index (χ4v) is 4.35. The van der Waals surface area contributed by atoms with Crippen molar-refractivity contribution in [1.82, 2.24) is 4.98 Å². The molecule has 2 rings (SSSR count). The number of rotatable bonds is 4. The van der Waals surface area contributed by atoms with Gasteiger partial charge < -0.3 is 5.73 Å². The molecule has 0 aliphatic heterocycles. The summed E-state index contributed by atoms with van der Waals surface area (Å²) in [6, 6.07) is 0. The maximum Gasteiger partial charge on any atom is 0.0934 e. The van der Waals surface area contributed by atoms with E-state index in [0.717, 1.165) is 18.9 Å². The van der Waals surface area contributed by atoms with Crippen LogP contribution in [-0.4, -0.2) is 11.5 Å². The molecule has 2 N–H and O–H groups in total. The highest BCUT2D eigenvalue weighted by Gasteiger charge is 2.38. The molecule has 2 atom stereocenters. The average Bonchev–Trinajstić information content (AvgIpc) is 2.96. The van der Waals surface area contributed by atoms with Gasteiger partial charge in [-0.2, -0.15) is 0 Å². The summed E-state index contributed by atoms with van der Waals surface area (Å²) >= 11 is 1.82. The molecule has 0 aromatic carbocycles. The van der Waals surface area contributed by atoms with Crippen LogP contribution in [0.2, 0.25) is 0 Å². The highest BCUT2D eigenvalue weighted by atomic mass is 32.1. The van der Waals surface area contributed by atoms with E-state index in [4.69, 9.17) is 10.7 Å². The van der Waals surface area contributed by atoms with E-state index < -0.39 is 0 Å². The first-order chi connectivity index (χ1) is 8.88. The van der Waals surface area contributed by atoms with Crippen LogP contribution in [0.3, 0.4) is 0 Å². The Labute approximate surface area is 121 Å². The molecule has 0 saturated heterocycles. The van der Waals surface area contributed by atoms with Gasteiger partial charge in [-0.1, -0.05) is 34.1 Å². The van der Waals surface area contributed by atoms with Crippen molar-refractivity contribution in [1.29, 1.82) is 0 Å². The molecule has 1 fully saturated rings. The lowest BCUT2D eigenvalue weighted by Gasteiger charge is -2.26. The monoisotopic (exact) mass is 280 g/mol. The van der Waals surface area contributed by atoms with Crippen molar-refractivity contribution in [3.05, 3.63) is 16.1 Å². The van der Waals surface area contributed by atoms with Gasteiger partial charge >= 0.3 is 0 Å². The van der Waals surface area contributed by atoms with Crippen molar-refractivity contribution in [3.8, 4) is 0 Å². The molecule has 1 aliphatic carbocycles. The smallest absolute Gasteiger partial charge is 0.0934 e. The Balaban J connectivity index is 2.09. The molecule has 108 valence electrons. The van der Waals surface area contributed by atoms with Gasteiger partial charge in [0, 0.05) is 17.2 Å². The summed E-state index contributed by atoms with van der Waals surface area (Å²) in [5.74, 6) is 0.880. The fourth-order valence-electron chi connectivity index (χ4n) is 3.15. The third kappa shape index (κ3) is 3.38. The van der Waals surface area contributed by atoms with Gasteiger partial charge in [-0.05, 0) is 37.1 Å². The number of aromatic nitrogens is 1. The number of nitrogens with zero attached hydrogens (tertiary/aromatic N) is 1. The summed E-state index contributed by atoms with van der Waals surface area (Å²) in [6.07, 6.45) is 6.32. The van der Waals surface area contributed by atoms with Crippen molar-refractivity contribution in [3.63, 3.8) is 0 Å². The topological polar surface area (TPSA) is 38.9 Å². The lowest BCUT2D eigenvalue weighted by Crippen LogP contribution is -2.30. The summed E-state index contributed by atoms with van der Waals surface area (Å²) in [5, 5.41) is 3.51. The van der Waals surface area contributed by atoms with E-state index in [9.17, 15) is 0 Å². The standard InChI is InChI=1S/C16H28N2S/c1-5-12-6-7-16(8-12,11-17)9-14-18-13(10-19-14)15(2,3)4/h10,12H,5-9,11,17H2,1-4H3. The molecule has 1 heterocycles. The number of thiazole rings is 1. The second-order valence-electron chi connectivity index (χ2n) is 7.27. The summed E-state index contributed by atoms with van der Waals surface area (Å²) in [6.45, 7) is 9.81. The van der Waals surface area contributed by atoms with Gasteiger partial charge in [0.15, 0.2) is 0 Å². The molecule has 19 heavy (non-hydrogen) atoms. The third-order valence-electron chi connectivity index (χ3n) is 4.66. The zero-order valence-electron chi connectivity index (χ0n) is 12.8. The van der Waals surface area contributed by atoms with Gasteiger partial charge in [0.2, 0.25) is 0 Å². The first kappa shape index (κ1) is 15.0. The predicted octanol–water partition coefficient (Wildman–Crippen LogP) is 4.14. The summed E-state index contributed by atoms with van der Waals surface area (Å²) in [7, 11) is 0. The normalized spacial score (nSPS) is 27.9. The van der Waals surface area contributed by atoms with E-state index in [1.807, 2.05) is 11.3 Å². The Kier molecular flexibility index (Phi) is 4.36. The van der Waals surface area contributed by atoms with Crippen molar-refractivity contribution >= 4 is 11.3 Å². The van der Waals surface area contributed by atoms with E-state index >= 15 is 0 Å². The van der Waals surface area contributed by atoms with Crippen LogP contribution >= 0.6 is 11.3 Å². The van der Waals surface area contributed by atoms with Gasteiger partial charge in [-0.15, -0.1) is 11.3 Å². The second kappa shape index (κ2) is 5.53. The SMILES string of the molecule is CCC1CCC(CN)(Cc2nc(C(C)(C)C)cs2)C1. The highest BCUT2D eigenvalue weighted by molar-refractivity contribution is 7.09. The van der Waals surface area contributed by atoms with Crippen LogP contribution in [0.4, 0.5) is 0 Å². The lowest BCUT2D eigenvalue weighted by molar-refractivity contribution is 0.290. The molecule has 2 unspecified atom stereocenters. The first-order valence-corrected chi connectivity index (χ1v) is 8.41. The maximum absolute atomic E-state index is 6.10. The molecule has 1 aromatic rings. The quantitative estimate of drug-likeness (QED) is 0.900. The van der Waals surface area contributed by atoms with Gasteiger partial charge in [0.1, 0.15) is 0 Å². The molecule has 2 nitrogen and oxygen atoms in total. The third-order valence-corrected chi connectivity index (χ3v) is 5.51. The molecule has 1 saturated carbocycles. The zero-order chi connectivity index (χ0) is 14.1. The highest BCUT2D eigenvalue weighted by Crippen LogP contribution is 2.45. The van der Waals surface area contributed by atoms with Crippen LogP contribution < -0.4 is 5.73 Å². The first-order valence-electron chi connectivity index (χ1n) is 7.53. The summed E-state index contributed by atoms with van der Waals surface area (Å²) in [4.78, 5) is 4.85. The van der Waals surface area contributed by atoms with Crippen LogP contribution in [0, 0.1) is 11.3 Å². The van der Waals surface area contributed by atoms with Crippen LogP contribution in [0.5, 0.6) is 0 Å². The molecule has 3 heteroatoms. The number of hydrogen-bond donors (Lipinski definition) is 1.